The third-order valence-electron chi connectivity index (χ3n) is 5.21. The number of nitrogens with zero attached hydrogens (tertiary/aromatic N) is 1. The molecule has 0 saturated carbocycles. The minimum absolute atomic E-state index is 0.325. The molecule has 1 saturated heterocycles. The van der Waals surface area contributed by atoms with Crippen molar-refractivity contribution in [2.45, 2.75) is 25.8 Å². The molecule has 1 aliphatic heterocycles. The summed E-state index contributed by atoms with van der Waals surface area (Å²) in [7, 11) is 0. The van der Waals surface area contributed by atoms with Gasteiger partial charge < -0.3 is 14.7 Å². The maximum atomic E-state index is 12.4. The van der Waals surface area contributed by atoms with Crippen molar-refractivity contribution in [3.8, 4) is 5.75 Å². The van der Waals surface area contributed by atoms with Crippen molar-refractivity contribution in [3.63, 3.8) is 0 Å². The summed E-state index contributed by atoms with van der Waals surface area (Å²) in [6.45, 7) is 6.20. The first-order chi connectivity index (χ1) is 12.6. The van der Waals surface area contributed by atoms with Gasteiger partial charge >= 0.3 is 6.36 Å². The van der Waals surface area contributed by atoms with Gasteiger partial charge in [0.15, 0.2) is 0 Å². The number of hydrogen-bond acceptors (Lipinski definition) is 3. The van der Waals surface area contributed by atoms with Crippen LogP contribution in [0.3, 0.4) is 0 Å². The number of halogens is 4. The van der Waals surface area contributed by atoms with Gasteiger partial charge in [0, 0.05) is 23.5 Å². The lowest BCUT2D eigenvalue weighted by Crippen LogP contribution is -2.64. The summed E-state index contributed by atoms with van der Waals surface area (Å²) in [5, 5.41) is 12.3. The molecule has 1 fully saturated rings. The zero-order valence-corrected chi connectivity index (χ0v) is 15.8. The molecule has 3 rings (SSSR count). The molecule has 0 radical (unpaired) electrons. The van der Waals surface area contributed by atoms with Gasteiger partial charge in [-0.3, -0.25) is 0 Å². The number of likely N-dealkylation sites (tertiary alicyclic amines) is 1. The average molecular weight is 400 g/mol. The normalized spacial score (nSPS) is 19.2. The molecule has 0 unspecified atom stereocenters. The summed E-state index contributed by atoms with van der Waals surface area (Å²) in [6, 6.07) is 12.3. The fourth-order valence-corrected chi connectivity index (χ4v) is 4.06. The number of benzene rings is 2. The Labute approximate surface area is 161 Å². The lowest BCUT2D eigenvalue weighted by molar-refractivity contribution is -0.274. The Kier molecular flexibility index (Phi) is 5.18. The number of ether oxygens (including phenoxy) is 1. The fourth-order valence-electron chi connectivity index (χ4n) is 3.87. The molecule has 0 amide bonds. The zero-order chi connectivity index (χ0) is 19.9. The van der Waals surface area contributed by atoms with Crippen molar-refractivity contribution in [1.29, 1.82) is 0 Å². The first-order valence-corrected chi connectivity index (χ1v) is 9.02. The molecule has 1 heterocycles. The fraction of sp³-hybridized carbons (Fsp3) is 0.400. The summed E-state index contributed by atoms with van der Waals surface area (Å²) in [5.41, 5.74) is -0.809. The summed E-state index contributed by atoms with van der Waals surface area (Å²) in [6.07, 6.45) is -4.76. The number of alkyl halides is 3. The molecule has 0 bridgehead atoms. The van der Waals surface area contributed by atoms with E-state index in [1.807, 2.05) is 13.8 Å². The number of hydrogen-bond donors (Lipinski definition) is 1. The molecular formula is C20H21ClF3NO2. The molecule has 0 spiro atoms. The van der Waals surface area contributed by atoms with E-state index in [4.69, 9.17) is 11.6 Å². The Balaban J connectivity index is 2.03. The van der Waals surface area contributed by atoms with Crippen molar-refractivity contribution in [2.24, 2.45) is 5.41 Å². The smallest absolute Gasteiger partial charge is 0.406 e. The molecule has 1 aliphatic rings. The van der Waals surface area contributed by atoms with Crippen LogP contribution in [0.1, 0.15) is 25.0 Å². The number of aliphatic hydroxyl groups is 1. The Morgan fingerprint density at radius 3 is 2.26 bits per heavy atom. The molecule has 1 N–H and O–H groups in total. The summed E-state index contributed by atoms with van der Waals surface area (Å²) in [4.78, 5) is 2.19. The van der Waals surface area contributed by atoms with Crippen LogP contribution in [0.15, 0.2) is 48.5 Å². The Morgan fingerprint density at radius 2 is 1.74 bits per heavy atom. The quantitative estimate of drug-likeness (QED) is 0.782. The van der Waals surface area contributed by atoms with Crippen LogP contribution in [0, 0.1) is 5.41 Å². The van der Waals surface area contributed by atoms with Gasteiger partial charge in [-0.05, 0) is 41.9 Å². The maximum absolute atomic E-state index is 12.4. The van der Waals surface area contributed by atoms with Crippen LogP contribution < -0.4 is 4.74 Å². The van der Waals surface area contributed by atoms with E-state index in [9.17, 15) is 18.3 Å². The lowest BCUT2D eigenvalue weighted by Gasteiger charge is -2.56. The SMILES string of the molecule is CCN1CC(C)([C@](O)(c2ccc(OC(F)(F)F)cc2)c2cccc(Cl)c2)C1. The molecule has 0 aliphatic carbocycles. The van der Waals surface area contributed by atoms with Crippen LogP contribution in [0.25, 0.3) is 0 Å². The van der Waals surface area contributed by atoms with Crippen LogP contribution in [0.5, 0.6) is 5.75 Å². The van der Waals surface area contributed by atoms with Crippen LogP contribution in [0.4, 0.5) is 13.2 Å². The van der Waals surface area contributed by atoms with E-state index in [-0.39, 0.29) is 5.75 Å². The molecule has 0 aromatic heterocycles. The molecular weight excluding hydrogens is 379 g/mol. The molecule has 3 nitrogen and oxygen atoms in total. The van der Waals surface area contributed by atoms with Gasteiger partial charge in [-0.1, -0.05) is 49.7 Å². The van der Waals surface area contributed by atoms with Crippen molar-refractivity contribution in [1.82, 2.24) is 4.90 Å². The third-order valence-corrected chi connectivity index (χ3v) is 5.45. The highest BCUT2D eigenvalue weighted by Crippen LogP contribution is 2.51. The number of rotatable bonds is 5. The van der Waals surface area contributed by atoms with Gasteiger partial charge in [-0.2, -0.15) is 0 Å². The van der Waals surface area contributed by atoms with Gasteiger partial charge in [0.05, 0.1) is 0 Å². The minimum atomic E-state index is -4.76. The van der Waals surface area contributed by atoms with Crippen molar-refractivity contribution >= 4 is 11.6 Å². The van der Waals surface area contributed by atoms with Crippen LogP contribution in [0.2, 0.25) is 5.02 Å². The Morgan fingerprint density at radius 1 is 1.11 bits per heavy atom. The second-order valence-corrected chi connectivity index (χ2v) is 7.59. The van der Waals surface area contributed by atoms with Crippen LogP contribution in [-0.2, 0) is 5.60 Å². The van der Waals surface area contributed by atoms with Crippen molar-refractivity contribution in [3.05, 3.63) is 64.7 Å². The molecule has 27 heavy (non-hydrogen) atoms. The van der Waals surface area contributed by atoms with Crippen molar-refractivity contribution < 1.29 is 23.0 Å². The van der Waals surface area contributed by atoms with Gasteiger partial charge in [0.25, 0.3) is 0 Å². The standard InChI is InChI=1S/C20H21ClF3NO2/c1-3-25-12-18(2,13-25)19(26,15-5-4-6-16(21)11-15)14-7-9-17(10-8-14)27-20(22,23)24/h4-11,26H,3,12-13H2,1-2H3/t19-/m0/s1. The molecule has 2 aromatic rings. The van der Waals surface area contributed by atoms with Crippen molar-refractivity contribution in [2.75, 3.05) is 19.6 Å². The maximum Gasteiger partial charge on any atom is 0.573 e. The first-order valence-electron chi connectivity index (χ1n) is 8.64. The molecule has 146 valence electrons. The monoisotopic (exact) mass is 399 g/mol. The topological polar surface area (TPSA) is 32.7 Å². The average Bonchev–Trinajstić information content (AvgIpc) is 2.57. The van der Waals surface area contributed by atoms with Crippen LogP contribution >= 0.6 is 11.6 Å². The van der Waals surface area contributed by atoms with Gasteiger partial charge in [-0.15, -0.1) is 13.2 Å². The van der Waals surface area contributed by atoms with E-state index in [1.54, 1.807) is 24.3 Å². The Bertz CT molecular complexity index is 804. The summed E-state index contributed by atoms with van der Waals surface area (Å²) >= 11 is 6.14. The zero-order valence-electron chi connectivity index (χ0n) is 15.1. The van der Waals surface area contributed by atoms with E-state index in [0.717, 1.165) is 6.54 Å². The van der Waals surface area contributed by atoms with E-state index < -0.39 is 17.4 Å². The van der Waals surface area contributed by atoms with Crippen LogP contribution in [-0.4, -0.2) is 36.0 Å². The first kappa shape index (κ1) is 20.0. The highest BCUT2D eigenvalue weighted by Gasteiger charge is 2.55. The second-order valence-electron chi connectivity index (χ2n) is 7.16. The highest BCUT2D eigenvalue weighted by atomic mass is 35.5. The van der Waals surface area contributed by atoms with E-state index in [2.05, 4.69) is 9.64 Å². The van der Waals surface area contributed by atoms with Gasteiger partial charge in [0.2, 0.25) is 0 Å². The second kappa shape index (κ2) is 7.00. The summed E-state index contributed by atoms with van der Waals surface area (Å²) < 4.78 is 41.2. The largest absolute Gasteiger partial charge is 0.573 e. The van der Waals surface area contributed by atoms with E-state index >= 15 is 0 Å². The Hall–Kier alpha value is -1.76. The predicted octanol–water partition coefficient (Wildman–Crippen LogP) is 4.82. The minimum Gasteiger partial charge on any atom is -0.406 e. The molecule has 2 aromatic carbocycles. The lowest BCUT2D eigenvalue weighted by atomic mass is 9.62. The van der Waals surface area contributed by atoms with Gasteiger partial charge in [-0.25, -0.2) is 0 Å². The molecule has 1 atom stereocenters. The predicted molar refractivity (Wildman–Crippen MR) is 97.8 cm³/mol. The van der Waals surface area contributed by atoms with E-state index in [0.29, 0.717) is 29.2 Å². The summed E-state index contributed by atoms with van der Waals surface area (Å²) in [5.74, 6) is -0.325. The highest BCUT2D eigenvalue weighted by molar-refractivity contribution is 6.30. The van der Waals surface area contributed by atoms with Gasteiger partial charge in [0.1, 0.15) is 11.4 Å². The third kappa shape index (κ3) is 3.79. The van der Waals surface area contributed by atoms with E-state index in [1.165, 1.54) is 24.3 Å². The molecule has 7 heteroatoms.